The summed E-state index contributed by atoms with van der Waals surface area (Å²) in [4.78, 5) is 33.4. The summed E-state index contributed by atoms with van der Waals surface area (Å²) < 4.78 is 82.5. The van der Waals surface area contributed by atoms with Crippen molar-refractivity contribution < 1.29 is 35.9 Å². The molecule has 2 aromatic carbocycles. The maximum atomic E-state index is 14.2. The average molecular weight is 616 g/mol. The topological polar surface area (TPSA) is 123 Å². The van der Waals surface area contributed by atoms with Gasteiger partial charge in [-0.2, -0.15) is 13.2 Å². The zero-order valence-corrected chi connectivity index (χ0v) is 23.1. The van der Waals surface area contributed by atoms with Crippen LogP contribution < -0.4 is 16.8 Å². The molecule has 13 heteroatoms. The number of rotatable bonds is 8. The highest BCUT2D eigenvalue weighted by Gasteiger charge is 2.37. The van der Waals surface area contributed by atoms with Gasteiger partial charge in [0.2, 0.25) is 5.91 Å². The largest absolute Gasteiger partial charge is 0.431 e. The summed E-state index contributed by atoms with van der Waals surface area (Å²) in [6, 6.07) is 8.50. The van der Waals surface area contributed by atoms with Crippen molar-refractivity contribution in [1.82, 2.24) is 10.3 Å². The van der Waals surface area contributed by atoms with E-state index in [0.29, 0.717) is 23.6 Å². The van der Waals surface area contributed by atoms with Gasteiger partial charge in [0.25, 0.3) is 5.91 Å². The molecule has 1 aliphatic carbocycles. The van der Waals surface area contributed by atoms with Gasteiger partial charge in [-0.15, -0.1) is 0 Å². The van der Waals surface area contributed by atoms with Crippen LogP contribution >= 0.6 is 0 Å². The second-order valence-corrected chi connectivity index (χ2v) is 10.1. The number of amides is 2. The van der Waals surface area contributed by atoms with Crippen molar-refractivity contribution in [3.63, 3.8) is 0 Å². The Morgan fingerprint density at radius 1 is 1.02 bits per heavy atom. The molecule has 1 saturated carbocycles. The van der Waals surface area contributed by atoms with Crippen molar-refractivity contribution in [1.29, 1.82) is 0 Å². The molecule has 0 unspecified atom stereocenters. The minimum Gasteiger partial charge on any atom is -0.394 e. The summed E-state index contributed by atoms with van der Waals surface area (Å²) in [6.07, 6.45) is -2.71. The van der Waals surface area contributed by atoms with E-state index in [9.17, 15) is 35.9 Å². The first-order valence-corrected chi connectivity index (χ1v) is 13.3. The number of hydrogen-bond acceptors (Lipinski definition) is 5. The summed E-state index contributed by atoms with van der Waals surface area (Å²) in [5.41, 5.74) is 9.74. The molecule has 0 spiro atoms. The molecule has 0 aliphatic heterocycles. The maximum Gasteiger partial charge on any atom is 0.431 e. The number of halogens is 6. The third-order valence-electron chi connectivity index (χ3n) is 6.93. The highest BCUT2D eigenvalue weighted by atomic mass is 19.4. The van der Waals surface area contributed by atoms with Crippen LogP contribution in [0.25, 0.3) is 11.1 Å². The maximum absolute atomic E-state index is 14.2. The molecule has 0 bridgehead atoms. The number of hydrogen-bond donors (Lipinski definition) is 3. The lowest BCUT2D eigenvalue weighted by Gasteiger charge is -2.24. The van der Waals surface area contributed by atoms with Gasteiger partial charge in [-0.3, -0.25) is 19.6 Å². The van der Waals surface area contributed by atoms with E-state index < -0.39 is 59.3 Å². The van der Waals surface area contributed by atoms with Crippen LogP contribution in [0.15, 0.2) is 83.1 Å². The van der Waals surface area contributed by atoms with Gasteiger partial charge in [0.05, 0.1) is 17.3 Å². The lowest BCUT2D eigenvalue weighted by molar-refractivity contribution is -0.120. The van der Waals surface area contributed by atoms with Crippen LogP contribution in [0.3, 0.4) is 0 Å². The molecule has 7 nitrogen and oxygen atoms in total. The number of nitrogens with zero attached hydrogens (tertiary/aromatic N) is 2. The van der Waals surface area contributed by atoms with E-state index in [0.717, 1.165) is 18.2 Å². The Morgan fingerprint density at radius 3 is 2.39 bits per heavy atom. The molecule has 1 aromatic heterocycles. The molecule has 0 radical (unpaired) electrons. The first-order valence-electron chi connectivity index (χ1n) is 13.3. The molecule has 44 heavy (non-hydrogen) atoms. The molecule has 4 rings (SSSR count). The molecule has 5 N–H and O–H groups in total. The number of alkyl halides is 3. The summed E-state index contributed by atoms with van der Waals surface area (Å²) in [5, 5.41) is 2.69. The number of nitrogens with two attached hydrogens (primary N) is 2. The minimum atomic E-state index is -4.83. The van der Waals surface area contributed by atoms with Crippen LogP contribution in [0.1, 0.15) is 46.9 Å². The number of carbonyl (C=O) groups excluding carboxylic acids is 2. The smallest absolute Gasteiger partial charge is 0.394 e. The van der Waals surface area contributed by atoms with Crippen LogP contribution in [0.2, 0.25) is 0 Å². The second kappa shape index (κ2) is 13.1. The Morgan fingerprint density at radius 2 is 1.73 bits per heavy atom. The van der Waals surface area contributed by atoms with E-state index in [-0.39, 0.29) is 47.4 Å². The molecule has 1 atom stereocenters. The molecule has 230 valence electrons. The summed E-state index contributed by atoms with van der Waals surface area (Å²) in [6.45, 7) is 3.07. The zero-order valence-electron chi connectivity index (χ0n) is 23.1. The highest BCUT2D eigenvalue weighted by molar-refractivity contribution is 6.06. The van der Waals surface area contributed by atoms with Gasteiger partial charge in [-0.1, -0.05) is 18.7 Å². The van der Waals surface area contributed by atoms with E-state index in [1.807, 2.05) is 0 Å². The van der Waals surface area contributed by atoms with E-state index in [2.05, 4.69) is 21.9 Å². The fourth-order valence-corrected chi connectivity index (χ4v) is 4.98. The molecule has 3 aromatic rings. The van der Waals surface area contributed by atoms with Crippen LogP contribution in [-0.2, 0) is 11.2 Å². The van der Waals surface area contributed by atoms with Crippen LogP contribution in [0.4, 0.5) is 26.3 Å². The minimum absolute atomic E-state index is 0.0150. The predicted molar refractivity (Wildman–Crippen MR) is 152 cm³/mol. The van der Waals surface area contributed by atoms with Gasteiger partial charge in [0.15, 0.2) is 0 Å². The number of benzene rings is 2. The zero-order chi connectivity index (χ0) is 32.2. The number of primary amides is 1. The number of carbonyl (C=O) groups is 2. The van der Waals surface area contributed by atoms with E-state index >= 15 is 0 Å². The van der Waals surface area contributed by atoms with Crippen LogP contribution in [0, 0.1) is 17.5 Å². The first-order chi connectivity index (χ1) is 20.7. The number of aromatic nitrogens is 1. The third kappa shape index (κ3) is 7.52. The van der Waals surface area contributed by atoms with Crippen molar-refractivity contribution in [2.24, 2.45) is 16.5 Å². The van der Waals surface area contributed by atoms with Crippen molar-refractivity contribution in [3.05, 3.63) is 112 Å². The quantitative estimate of drug-likeness (QED) is 0.285. The molecule has 0 saturated heterocycles. The van der Waals surface area contributed by atoms with Crippen molar-refractivity contribution in [2.75, 3.05) is 6.54 Å². The van der Waals surface area contributed by atoms with Gasteiger partial charge in [0.1, 0.15) is 29.7 Å². The average Bonchev–Trinajstić information content (AvgIpc) is 2.94. The fourth-order valence-electron chi connectivity index (χ4n) is 4.98. The van der Waals surface area contributed by atoms with E-state index in [1.165, 1.54) is 18.3 Å². The van der Waals surface area contributed by atoms with E-state index in [1.54, 1.807) is 12.1 Å². The molecule has 2 amide bonds. The number of allylic oxidation sites excluding steroid dienone is 3. The molecular weight excluding hydrogens is 588 g/mol. The van der Waals surface area contributed by atoms with Gasteiger partial charge >= 0.3 is 6.18 Å². The highest BCUT2D eigenvalue weighted by Crippen LogP contribution is 2.34. The van der Waals surface area contributed by atoms with Crippen LogP contribution in [0.5, 0.6) is 0 Å². The van der Waals surface area contributed by atoms with E-state index in [4.69, 9.17) is 11.5 Å². The monoisotopic (exact) mass is 615 g/mol. The lowest BCUT2D eigenvalue weighted by atomic mass is 9.87. The molecule has 1 aliphatic rings. The van der Waals surface area contributed by atoms with Gasteiger partial charge in [0, 0.05) is 29.1 Å². The number of aliphatic imine (C=N–C) groups is 1. The Hall–Kier alpha value is -4.94. The lowest BCUT2D eigenvalue weighted by Crippen LogP contribution is -2.33. The molecular formula is C31H27F6N5O2. The summed E-state index contributed by atoms with van der Waals surface area (Å²) >= 11 is 0. The van der Waals surface area contributed by atoms with Gasteiger partial charge in [-0.25, -0.2) is 13.2 Å². The standard InChI is InChI=1S/C31H27F6N5O2/c1-16-4-2-6-24(27(16)29(38)31(35,36)37)41-15-26(43)42-25(12-17-10-19(32)14-20(33)11-17)28-21(5-3-9-40-28)18-7-8-23(34)22(13-18)30(39)44/h3,5,7-11,13-14,25H,1-2,4,6,12,15,38H2,(H2,39,44)(H,42,43)/t25-/m0/s1. The van der Waals surface area contributed by atoms with Crippen molar-refractivity contribution >= 4 is 17.5 Å². The second-order valence-electron chi connectivity index (χ2n) is 10.1. The van der Waals surface area contributed by atoms with Gasteiger partial charge in [-0.05, 0) is 72.7 Å². The predicted octanol–water partition coefficient (Wildman–Crippen LogP) is 5.62. The number of pyridine rings is 1. The Kier molecular flexibility index (Phi) is 9.56. The third-order valence-corrected chi connectivity index (χ3v) is 6.93. The SMILES string of the molecule is C=C1CCCC(=NCC(=O)N[C@@H](Cc2cc(F)cc(F)c2)c2ncccc2-c2ccc(F)c(C(N)=O)c2)C1=C(N)C(F)(F)F. The first kappa shape index (κ1) is 32.0. The van der Waals surface area contributed by atoms with Gasteiger partial charge < -0.3 is 16.8 Å². The fraction of sp³-hybridized carbons (Fsp3) is 0.226. The Balaban J connectivity index is 1.72. The van der Waals surface area contributed by atoms with Crippen LogP contribution in [-0.4, -0.2) is 35.2 Å². The Labute approximate surface area is 248 Å². The normalized spacial score (nSPS) is 16.5. The summed E-state index contributed by atoms with van der Waals surface area (Å²) in [5.74, 6) is -4.33. The Bertz CT molecular complexity index is 1660. The molecule has 1 fully saturated rings. The number of nitrogens with one attached hydrogen (secondary N) is 1. The van der Waals surface area contributed by atoms with Crippen molar-refractivity contribution in [2.45, 2.75) is 37.9 Å². The molecule has 1 heterocycles. The summed E-state index contributed by atoms with van der Waals surface area (Å²) in [7, 11) is 0. The van der Waals surface area contributed by atoms with Crippen molar-refractivity contribution in [3.8, 4) is 11.1 Å².